The van der Waals surface area contributed by atoms with E-state index in [0.717, 1.165) is 18.5 Å². The van der Waals surface area contributed by atoms with Crippen molar-refractivity contribution in [3.05, 3.63) is 34.9 Å². The van der Waals surface area contributed by atoms with Crippen molar-refractivity contribution in [1.29, 1.82) is 0 Å². The van der Waals surface area contributed by atoms with E-state index in [2.05, 4.69) is 0 Å². The number of nitrogens with two attached hydrogens (primary N) is 1. The number of rotatable bonds is 2. The predicted octanol–water partition coefficient (Wildman–Crippen LogP) is 1.44. The van der Waals surface area contributed by atoms with Crippen LogP contribution in [0.15, 0.2) is 24.3 Å². The lowest BCUT2D eigenvalue weighted by Crippen LogP contribution is -2.32. The van der Waals surface area contributed by atoms with Crippen LogP contribution in [0.4, 0.5) is 0 Å². The van der Waals surface area contributed by atoms with Crippen LogP contribution in [0.3, 0.4) is 0 Å². The summed E-state index contributed by atoms with van der Waals surface area (Å²) in [5, 5.41) is 0.652. The van der Waals surface area contributed by atoms with Crippen LogP contribution in [-0.2, 0) is 11.2 Å². The van der Waals surface area contributed by atoms with Gasteiger partial charge in [-0.05, 0) is 18.1 Å². The molecule has 2 N–H and O–H groups in total. The van der Waals surface area contributed by atoms with Crippen LogP contribution >= 0.6 is 11.6 Å². The Morgan fingerprint density at radius 2 is 2.25 bits per heavy atom. The minimum Gasteiger partial charge on any atom is -0.341 e. The monoisotopic (exact) mass is 238 g/mol. The van der Waals surface area contributed by atoms with Gasteiger partial charge in [-0.25, -0.2) is 0 Å². The van der Waals surface area contributed by atoms with Gasteiger partial charge in [-0.15, -0.1) is 0 Å². The van der Waals surface area contributed by atoms with Crippen molar-refractivity contribution in [2.45, 2.75) is 18.9 Å². The number of carbonyl (C=O) groups is 1. The molecule has 0 bridgehead atoms. The summed E-state index contributed by atoms with van der Waals surface area (Å²) in [6.45, 7) is 1.44. The van der Waals surface area contributed by atoms with Crippen LogP contribution in [0.25, 0.3) is 0 Å². The van der Waals surface area contributed by atoms with Gasteiger partial charge in [0.25, 0.3) is 0 Å². The number of hydrogen-bond donors (Lipinski definition) is 1. The number of hydrogen-bond acceptors (Lipinski definition) is 2. The standard InChI is InChI=1S/C12H15ClN2O/c13-11-4-2-1-3-9(11)7-12(16)15-6-5-10(14)8-15/h1-4,10H,5-8,14H2. The van der Waals surface area contributed by atoms with Gasteiger partial charge in [-0.1, -0.05) is 29.8 Å². The van der Waals surface area contributed by atoms with E-state index in [9.17, 15) is 4.79 Å². The minimum atomic E-state index is 0.112. The number of halogens is 1. The molecule has 4 heteroatoms. The maximum atomic E-state index is 11.9. The van der Waals surface area contributed by atoms with E-state index in [1.54, 1.807) is 6.07 Å². The van der Waals surface area contributed by atoms with Gasteiger partial charge < -0.3 is 10.6 Å². The SMILES string of the molecule is NC1CCN(C(=O)Cc2ccccc2Cl)C1. The first-order chi connectivity index (χ1) is 7.66. The first kappa shape index (κ1) is 11.4. The van der Waals surface area contributed by atoms with Crippen molar-refractivity contribution in [3.63, 3.8) is 0 Å². The number of carbonyl (C=O) groups excluding carboxylic acids is 1. The number of benzene rings is 1. The zero-order valence-electron chi connectivity index (χ0n) is 9.03. The first-order valence-corrected chi connectivity index (χ1v) is 5.81. The zero-order valence-corrected chi connectivity index (χ0v) is 9.78. The number of nitrogens with zero attached hydrogens (tertiary/aromatic N) is 1. The molecule has 1 unspecified atom stereocenters. The van der Waals surface area contributed by atoms with Crippen LogP contribution in [-0.4, -0.2) is 29.9 Å². The van der Waals surface area contributed by atoms with Crippen molar-refractivity contribution in [1.82, 2.24) is 4.90 Å². The lowest BCUT2D eigenvalue weighted by atomic mass is 10.1. The smallest absolute Gasteiger partial charge is 0.227 e. The maximum absolute atomic E-state index is 11.9. The first-order valence-electron chi connectivity index (χ1n) is 5.43. The number of amides is 1. The highest BCUT2D eigenvalue weighted by molar-refractivity contribution is 6.31. The van der Waals surface area contributed by atoms with Gasteiger partial charge in [0.15, 0.2) is 0 Å². The van der Waals surface area contributed by atoms with Gasteiger partial charge in [-0.3, -0.25) is 4.79 Å². The molecule has 0 spiro atoms. The van der Waals surface area contributed by atoms with E-state index in [1.165, 1.54) is 0 Å². The molecule has 1 aliphatic rings. The van der Waals surface area contributed by atoms with Crippen LogP contribution < -0.4 is 5.73 Å². The Kier molecular flexibility index (Phi) is 3.46. The average molecular weight is 239 g/mol. The van der Waals surface area contributed by atoms with Crippen molar-refractivity contribution < 1.29 is 4.79 Å². The van der Waals surface area contributed by atoms with E-state index in [-0.39, 0.29) is 11.9 Å². The van der Waals surface area contributed by atoms with Crippen LogP contribution in [0, 0.1) is 0 Å². The molecule has 0 aromatic heterocycles. The van der Waals surface area contributed by atoms with Crippen LogP contribution in [0.1, 0.15) is 12.0 Å². The molecule has 2 rings (SSSR count). The van der Waals surface area contributed by atoms with Gasteiger partial charge in [-0.2, -0.15) is 0 Å². The molecule has 1 saturated heterocycles. The van der Waals surface area contributed by atoms with Crippen molar-refractivity contribution in [2.75, 3.05) is 13.1 Å². The Balaban J connectivity index is 2.00. The molecule has 1 atom stereocenters. The summed E-state index contributed by atoms with van der Waals surface area (Å²) < 4.78 is 0. The summed E-state index contributed by atoms with van der Waals surface area (Å²) in [4.78, 5) is 13.7. The Labute approximate surface area is 100 Å². The quantitative estimate of drug-likeness (QED) is 0.848. The third-order valence-electron chi connectivity index (χ3n) is 2.88. The summed E-state index contributed by atoms with van der Waals surface area (Å²) >= 11 is 6.01. The van der Waals surface area contributed by atoms with Gasteiger partial charge in [0.05, 0.1) is 6.42 Å². The fraction of sp³-hybridized carbons (Fsp3) is 0.417. The van der Waals surface area contributed by atoms with E-state index in [4.69, 9.17) is 17.3 Å². The van der Waals surface area contributed by atoms with Gasteiger partial charge in [0.1, 0.15) is 0 Å². The van der Waals surface area contributed by atoms with Crippen molar-refractivity contribution in [2.24, 2.45) is 5.73 Å². The zero-order chi connectivity index (χ0) is 11.5. The molecule has 16 heavy (non-hydrogen) atoms. The van der Waals surface area contributed by atoms with E-state index in [1.807, 2.05) is 23.1 Å². The average Bonchev–Trinajstić information content (AvgIpc) is 2.68. The Bertz CT molecular complexity index is 394. The lowest BCUT2D eigenvalue weighted by Gasteiger charge is -2.16. The molecule has 1 amide bonds. The molecule has 1 aromatic carbocycles. The topological polar surface area (TPSA) is 46.3 Å². The largest absolute Gasteiger partial charge is 0.341 e. The third-order valence-corrected chi connectivity index (χ3v) is 3.25. The van der Waals surface area contributed by atoms with E-state index < -0.39 is 0 Å². The molecule has 0 saturated carbocycles. The minimum absolute atomic E-state index is 0.112. The second kappa shape index (κ2) is 4.85. The molecule has 1 aromatic rings. The fourth-order valence-electron chi connectivity index (χ4n) is 1.93. The normalized spacial score (nSPS) is 20.1. The van der Waals surface area contributed by atoms with Gasteiger partial charge >= 0.3 is 0 Å². The molecule has 0 aliphatic carbocycles. The third kappa shape index (κ3) is 2.54. The molecule has 1 fully saturated rings. The molecular weight excluding hydrogens is 224 g/mol. The number of likely N-dealkylation sites (tertiary alicyclic amines) is 1. The predicted molar refractivity (Wildman–Crippen MR) is 64.3 cm³/mol. The van der Waals surface area contributed by atoms with Gasteiger partial charge in [0.2, 0.25) is 5.91 Å². The second-order valence-corrected chi connectivity index (χ2v) is 4.56. The summed E-state index contributed by atoms with van der Waals surface area (Å²) in [6.07, 6.45) is 1.26. The summed E-state index contributed by atoms with van der Waals surface area (Å²) in [5.41, 5.74) is 6.65. The molecule has 1 aliphatic heterocycles. The highest BCUT2D eigenvalue weighted by Crippen LogP contribution is 2.17. The van der Waals surface area contributed by atoms with Crippen molar-refractivity contribution in [3.8, 4) is 0 Å². The fourth-order valence-corrected chi connectivity index (χ4v) is 2.13. The van der Waals surface area contributed by atoms with E-state index >= 15 is 0 Å². The molecular formula is C12H15ClN2O. The highest BCUT2D eigenvalue weighted by atomic mass is 35.5. The summed E-state index contributed by atoms with van der Waals surface area (Å²) in [6, 6.07) is 7.58. The highest BCUT2D eigenvalue weighted by Gasteiger charge is 2.23. The van der Waals surface area contributed by atoms with Crippen molar-refractivity contribution >= 4 is 17.5 Å². The molecule has 86 valence electrons. The second-order valence-electron chi connectivity index (χ2n) is 4.16. The summed E-state index contributed by atoms with van der Waals surface area (Å²) in [7, 11) is 0. The molecule has 1 heterocycles. The van der Waals surface area contributed by atoms with E-state index in [0.29, 0.717) is 18.0 Å². The Morgan fingerprint density at radius 1 is 1.50 bits per heavy atom. The summed E-state index contributed by atoms with van der Waals surface area (Å²) in [5.74, 6) is 0.112. The lowest BCUT2D eigenvalue weighted by molar-refractivity contribution is -0.129. The molecule has 0 radical (unpaired) electrons. The van der Waals surface area contributed by atoms with Crippen LogP contribution in [0.5, 0.6) is 0 Å². The Morgan fingerprint density at radius 3 is 2.88 bits per heavy atom. The maximum Gasteiger partial charge on any atom is 0.227 e. The van der Waals surface area contributed by atoms with Crippen LogP contribution in [0.2, 0.25) is 5.02 Å². The molecule has 3 nitrogen and oxygen atoms in total. The Hall–Kier alpha value is -1.06. The van der Waals surface area contributed by atoms with Gasteiger partial charge in [0, 0.05) is 24.2 Å².